The second kappa shape index (κ2) is 6.17. The Hall–Kier alpha value is -2.71. The normalized spacial score (nSPS) is 17.0. The molecule has 142 valence electrons. The first-order chi connectivity index (χ1) is 12.7. The van der Waals surface area contributed by atoms with Gasteiger partial charge in [0.2, 0.25) is 0 Å². The summed E-state index contributed by atoms with van der Waals surface area (Å²) in [4.78, 5) is 14.9. The summed E-state index contributed by atoms with van der Waals surface area (Å²) >= 11 is 0. The quantitative estimate of drug-likeness (QED) is 0.703. The second-order valence-electron chi connectivity index (χ2n) is 7.92. The van der Waals surface area contributed by atoms with E-state index in [2.05, 4.69) is 25.3 Å². The number of aromatic nitrogens is 6. The number of halogens is 2. The van der Waals surface area contributed by atoms with Gasteiger partial charge in [-0.3, -0.25) is 4.98 Å². The molecule has 4 heterocycles. The lowest BCUT2D eigenvalue weighted by Gasteiger charge is -2.22. The van der Waals surface area contributed by atoms with Crippen LogP contribution in [0.1, 0.15) is 38.6 Å². The van der Waals surface area contributed by atoms with Crippen LogP contribution in [0, 0.1) is 0 Å². The summed E-state index contributed by atoms with van der Waals surface area (Å²) in [7, 11) is 0. The van der Waals surface area contributed by atoms with Crippen molar-refractivity contribution in [2.75, 3.05) is 18.0 Å². The molecule has 0 saturated carbocycles. The van der Waals surface area contributed by atoms with Gasteiger partial charge in [0.05, 0.1) is 13.1 Å². The lowest BCUT2D eigenvalue weighted by molar-refractivity contribution is 0.0257. The third-order valence-corrected chi connectivity index (χ3v) is 4.57. The van der Waals surface area contributed by atoms with Crippen LogP contribution >= 0.6 is 0 Å². The van der Waals surface area contributed by atoms with E-state index >= 15 is 0 Å². The van der Waals surface area contributed by atoms with Crippen LogP contribution in [-0.4, -0.2) is 49.0 Å². The summed E-state index contributed by atoms with van der Waals surface area (Å²) in [6, 6.07) is 3.78. The Morgan fingerprint density at radius 2 is 1.89 bits per heavy atom. The molecule has 0 atom stereocenters. The zero-order chi connectivity index (χ0) is 19.2. The molecule has 0 unspecified atom stereocenters. The van der Waals surface area contributed by atoms with Crippen molar-refractivity contribution in [1.82, 2.24) is 29.9 Å². The molecule has 1 aliphatic heterocycles. The lowest BCUT2D eigenvalue weighted by Crippen LogP contribution is -2.27. The molecule has 0 amide bonds. The van der Waals surface area contributed by atoms with Crippen molar-refractivity contribution in [2.45, 2.75) is 45.1 Å². The average Bonchev–Trinajstić information content (AvgIpc) is 3.17. The van der Waals surface area contributed by atoms with Crippen LogP contribution in [0.5, 0.6) is 0 Å². The minimum Gasteiger partial charge on any atom is -0.348 e. The molecule has 1 fully saturated rings. The van der Waals surface area contributed by atoms with Crippen LogP contribution in [0.4, 0.5) is 14.6 Å². The van der Waals surface area contributed by atoms with E-state index in [4.69, 9.17) is 0 Å². The van der Waals surface area contributed by atoms with E-state index in [0.717, 1.165) is 5.56 Å². The van der Waals surface area contributed by atoms with E-state index < -0.39 is 5.92 Å². The van der Waals surface area contributed by atoms with Crippen molar-refractivity contribution in [3.05, 3.63) is 35.9 Å². The molecule has 9 heteroatoms. The molecule has 27 heavy (non-hydrogen) atoms. The highest BCUT2D eigenvalue weighted by atomic mass is 19.3. The van der Waals surface area contributed by atoms with Gasteiger partial charge in [-0.1, -0.05) is 26.0 Å². The van der Waals surface area contributed by atoms with Gasteiger partial charge in [0.25, 0.3) is 5.92 Å². The third-order valence-electron chi connectivity index (χ3n) is 4.57. The molecule has 4 rings (SSSR count). The van der Waals surface area contributed by atoms with Gasteiger partial charge in [0.1, 0.15) is 5.82 Å². The molecule has 0 aromatic carbocycles. The molecule has 3 aromatic heterocycles. The minimum absolute atomic E-state index is 0.186. The summed E-state index contributed by atoms with van der Waals surface area (Å²) < 4.78 is 29.2. The van der Waals surface area contributed by atoms with Crippen LogP contribution in [0.25, 0.3) is 11.2 Å². The second-order valence-corrected chi connectivity index (χ2v) is 7.92. The number of hydrogen-bond donors (Lipinski definition) is 0. The van der Waals surface area contributed by atoms with Crippen molar-refractivity contribution < 1.29 is 8.78 Å². The van der Waals surface area contributed by atoms with Gasteiger partial charge >= 0.3 is 0 Å². The Labute approximate surface area is 155 Å². The molecule has 0 radical (unpaired) electrons. The predicted octanol–water partition coefficient (Wildman–Crippen LogP) is 2.81. The molecule has 7 nitrogen and oxygen atoms in total. The number of alkyl halides is 2. The first-order valence-corrected chi connectivity index (χ1v) is 8.86. The number of nitrogens with zero attached hydrogens (tertiary/aromatic N) is 7. The van der Waals surface area contributed by atoms with Gasteiger partial charge < -0.3 is 4.90 Å². The molecule has 1 aliphatic rings. The Morgan fingerprint density at radius 3 is 2.52 bits per heavy atom. The van der Waals surface area contributed by atoms with Crippen LogP contribution in [0.2, 0.25) is 0 Å². The lowest BCUT2D eigenvalue weighted by atomic mass is 9.96. The van der Waals surface area contributed by atoms with E-state index in [1.807, 2.05) is 32.9 Å². The van der Waals surface area contributed by atoms with E-state index in [9.17, 15) is 8.78 Å². The molecule has 0 spiro atoms. The van der Waals surface area contributed by atoms with Gasteiger partial charge in [-0.2, -0.15) is 0 Å². The van der Waals surface area contributed by atoms with Crippen molar-refractivity contribution in [3.8, 4) is 0 Å². The fourth-order valence-electron chi connectivity index (χ4n) is 3.08. The average molecular weight is 373 g/mol. The third kappa shape index (κ3) is 3.45. The van der Waals surface area contributed by atoms with Gasteiger partial charge in [-0.05, 0) is 17.7 Å². The minimum atomic E-state index is -2.72. The first-order valence-electron chi connectivity index (χ1n) is 8.86. The number of pyridine rings is 1. The van der Waals surface area contributed by atoms with Crippen molar-refractivity contribution in [3.63, 3.8) is 0 Å². The van der Waals surface area contributed by atoms with E-state index in [1.165, 1.54) is 0 Å². The topological polar surface area (TPSA) is 72.6 Å². The molecule has 0 aliphatic carbocycles. The molecule has 0 N–H and O–H groups in total. The SMILES string of the molecule is CC(C)(C)c1nc(N2CCC(F)(F)C2)c2nnn(Cc3ccncc3)c2n1. The summed E-state index contributed by atoms with van der Waals surface area (Å²) in [6.45, 7) is 6.32. The van der Waals surface area contributed by atoms with Crippen molar-refractivity contribution in [1.29, 1.82) is 0 Å². The van der Waals surface area contributed by atoms with Crippen molar-refractivity contribution >= 4 is 17.0 Å². The van der Waals surface area contributed by atoms with Crippen molar-refractivity contribution in [2.24, 2.45) is 0 Å². The first kappa shape index (κ1) is 17.7. The van der Waals surface area contributed by atoms with E-state index in [0.29, 0.717) is 29.4 Å². The van der Waals surface area contributed by atoms with Gasteiger partial charge in [-0.15, -0.1) is 5.10 Å². The van der Waals surface area contributed by atoms with Gasteiger partial charge in [-0.25, -0.2) is 23.4 Å². The standard InChI is InChI=1S/C18H21F2N7/c1-17(2,3)16-22-14(26-9-6-18(19,20)11-26)13-15(23-16)27(25-24-13)10-12-4-7-21-8-5-12/h4-5,7-8H,6,9-11H2,1-3H3. The number of hydrogen-bond acceptors (Lipinski definition) is 6. The highest BCUT2D eigenvalue weighted by Crippen LogP contribution is 2.34. The summed E-state index contributed by atoms with van der Waals surface area (Å²) in [6.07, 6.45) is 3.23. The number of rotatable bonds is 3. The highest BCUT2D eigenvalue weighted by molar-refractivity contribution is 5.83. The largest absolute Gasteiger partial charge is 0.348 e. The number of fused-ring (bicyclic) bond motifs is 1. The summed E-state index contributed by atoms with van der Waals surface area (Å²) in [5.41, 5.74) is 1.67. The Morgan fingerprint density at radius 1 is 1.15 bits per heavy atom. The summed E-state index contributed by atoms with van der Waals surface area (Å²) in [5.74, 6) is -1.70. The Balaban J connectivity index is 1.83. The fraction of sp³-hybridized carbons (Fsp3) is 0.500. The zero-order valence-electron chi connectivity index (χ0n) is 15.5. The Bertz CT molecular complexity index is 963. The van der Waals surface area contributed by atoms with Gasteiger partial charge in [0.15, 0.2) is 17.0 Å². The smallest absolute Gasteiger partial charge is 0.266 e. The molecule has 0 bridgehead atoms. The van der Waals surface area contributed by atoms with Crippen LogP contribution < -0.4 is 4.90 Å². The maximum Gasteiger partial charge on any atom is 0.266 e. The van der Waals surface area contributed by atoms with E-state index in [-0.39, 0.29) is 24.9 Å². The molecular formula is C18H21F2N7. The summed E-state index contributed by atoms with van der Waals surface area (Å²) in [5, 5.41) is 8.43. The van der Waals surface area contributed by atoms with Crippen LogP contribution in [-0.2, 0) is 12.0 Å². The maximum atomic E-state index is 13.8. The van der Waals surface area contributed by atoms with Crippen LogP contribution in [0.15, 0.2) is 24.5 Å². The number of anilines is 1. The highest BCUT2D eigenvalue weighted by Gasteiger charge is 2.40. The molecule has 1 saturated heterocycles. The maximum absolute atomic E-state index is 13.8. The predicted molar refractivity (Wildman–Crippen MR) is 96.9 cm³/mol. The molecular weight excluding hydrogens is 352 g/mol. The Kier molecular flexibility index (Phi) is 4.05. The fourth-order valence-corrected chi connectivity index (χ4v) is 3.08. The van der Waals surface area contributed by atoms with E-state index in [1.54, 1.807) is 22.0 Å². The van der Waals surface area contributed by atoms with Crippen LogP contribution in [0.3, 0.4) is 0 Å². The monoisotopic (exact) mass is 373 g/mol. The van der Waals surface area contributed by atoms with Gasteiger partial charge in [0, 0.05) is 30.8 Å². The molecule has 3 aromatic rings. The zero-order valence-corrected chi connectivity index (χ0v) is 15.5.